The van der Waals surface area contributed by atoms with E-state index < -0.39 is 54.9 Å². The van der Waals surface area contributed by atoms with Crippen molar-refractivity contribution in [1.82, 2.24) is 19.6 Å². The van der Waals surface area contributed by atoms with Crippen molar-refractivity contribution >= 4 is 23.9 Å². The number of carbonyl (C=O) groups is 4. The summed E-state index contributed by atoms with van der Waals surface area (Å²) in [5.41, 5.74) is 0.506. The molecule has 1 aromatic rings. The smallest absolute Gasteiger partial charge is 0.340 e. The summed E-state index contributed by atoms with van der Waals surface area (Å²) in [6.07, 6.45) is -3.91. The minimum atomic E-state index is -4.33. The summed E-state index contributed by atoms with van der Waals surface area (Å²) < 4.78 is 76.4. The number of rotatable bonds is 16. The maximum absolute atomic E-state index is 13.3. The normalized spacial score (nSPS) is 17.7. The summed E-state index contributed by atoms with van der Waals surface area (Å²) in [6.45, 7) is 0.208. The Balaban J connectivity index is 2.36. The molecule has 0 aromatic heterocycles. The van der Waals surface area contributed by atoms with Gasteiger partial charge in [0.2, 0.25) is 0 Å². The van der Waals surface area contributed by atoms with Gasteiger partial charge >= 0.3 is 36.2 Å². The molecule has 2 unspecified atom stereocenters. The number of aliphatic carboxylic acids is 1. The van der Waals surface area contributed by atoms with Gasteiger partial charge in [-0.1, -0.05) is 12.1 Å². The fraction of sp³-hybridized carbons (Fsp3) is 0.677. The molecule has 1 heterocycles. The van der Waals surface area contributed by atoms with Crippen LogP contribution in [0, 0.1) is 0 Å². The summed E-state index contributed by atoms with van der Waals surface area (Å²) >= 11 is 0. The number of alkyl halides is 4. The van der Waals surface area contributed by atoms with Gasteiger partial charge in [-0.15, -0.1) is 0 Å². The Morgan fingerprint density at radius 1 is 0.755 bits per heavy atom. The molecule has 49 heavy (non-hydrogen) atoms. The lowest BCUT2D eigenvalue weighted by Crippen LogP contribution is -2.54. The van der Waals surface area contributed by atoms with Crippen LogP contribution in [0.5, 0.6) is 5.75 Å². The van der Waals surface area contributed by atoms with Gasteiger partial charge in [0, 0.05) is 59.5 Å². The molecule has 0 spiro atoms. The number of esters is 3. The van der Waals surface area contributed by atoms with Crippen molar-refractivity contribution in [2.75, 3.05) is 107 Å². The summed E-state index contributed by atoms with van der Waals surface area (Å²) in [7, 11) is 5.22. The van der Waals surface area contributed by atoms with Crippen LogP contribution in [0.2, 0.25) is 0 Å². The SMILES string of the molecule is COCC(C(=O)OC)N1CCN(CC(=O)OC)CCN(C(Cc2ccc(OCC(F)(F)C(F)F)cc2)C(=O)O)CCN(CC(=O)OC)CC1. The predicted octanol–water partition coefficient (Wildman–Crippen LogP) is 0.717. The van der Waals surface area contributed by atoms with Crippen molar-refractivity contribution in [3.63, 3.8) is 0 Å². The van der Waals surface area contributed by atoms with Gasteiger partial charge in [0.15, 0.2) is 6.61 Å². The number of hydrogen-bond donors (Lipinski definition) is 1. The van der Waals surface area contributed by atoms with Crippen LogP contribution in [-0.2, 0) is 44.5 Å². The number of hydrogen-bond acceptors (Lipinski definition) is 13. The molecule has 18 heteroatoms. The minimum Gasteiger partial charge on any atom is -0.487 e. The molecule has 1 aliphatic heterocycles. The van der Waals surface area contributed by atoms with E-state index in [1.165, 1.54) is 52.7 Å². The van der Waals surface area contributed by atoms with Crippen LogP contribution in [-0.4, -0.2) is 180 Å². The Kier molecular flexibility index (Phi) is 17.7. The molecule has 278 valence electrons. The largest absolute Gasteiger partial charge is 0.487 e. The number of carbonyl (C=O) groups excluding carboxylic acids is 3. The molecular formula is C31H46F4N4O10. The average molecular weight is 711 g/mol. The molecule has 1 fully saturated rings. The van der Waals surface area contributed by atoms with Crippen molar-refractivity contribution in [3.8, 4) is 5.75 Å². The zero-order valence-electron chi connectivity index (χ0n) is 28.2. The van der Waals surface area contributed by atoms with Crippen LogP contribution in [0.15, 0.2) is 24.3 Å². The van der Waals surface area contributed by atoms with Crippen molar-refractivity contribution in [2.24, 2.45) is 0 Å². The van der Waals surface area contributed by atoms with Gasteiger partial charge in [-0.2, -0.15) is 8.78 Å². The quantitative estimate of drug-likeness (QED) is 0.146. The van der Waals surface area contributed by atoms with Gasteiger partial charge in [0.05, 0.1) is 41.0 Å². The molecule has 1 N–H and O–H groups in total. The topological polar surface area (TPSA) is 148 Å². The van der Waals surface area contributed by atoms with E-state index in [0.29, 0.717) is 5.56 Å². The van der Waals surface area contributed by atoms with Gasteiger partial charge in [-0.3, -0.25) is 38.8 Å². The number of ether oxygens (including phenoxy) is 5. The van der Waals surface area contributed by atoms with Crippen molar-refractivity contribution in [3.05, 3.63) is 29.8 Å². The number of benzene rings is 1. The van der Waals surface area contributed by atoms with E-state index in [2.05, 4.69) is 0 Å². The second kappa shape index (κ2) is 20.8. The highest BCUT2D eigenvalue weighted by Gasteiger charge is 2.41. The second-order valence-corrected chi connectivity index (χ2v) is 11.3. The lowest BCUT2D eigenvalue weighted by molar-refractivity contribution is -0.150. The molecule has 0 saturated carbocycles. The Labute approximate surface area is 282 Å². The molecule has 0 amide bonds. The summed E-state index contributed by atoms with van der Waals surface area (Å²) in [4.78, 5) is 57.1. The van der Waals surface area contributed by atoms with Gasteiger partial charge in [-0.25, -0.2) is 8.78 Å². The molecule has 2 atom stereocenters. The minimum absolute atomic E-state index is 0.0254. The summed E-state index contributed by atoms with van der Waals surface area (Å²) in [5, 5.41) is 10.3. The fourth-order valence-corrected chi connectivity index (χ4v) is 5.14. The number of methoxy groups -OCH3 is 4. The van der Waals surface area contributed by atoms with Crippen LogP contribution in [0.1, 0.15) is 5.56 Å². The monoisotopic (exact) mass is 710 g/mol. The average Bonchev–Trinajstić information content (AvgIpc) is 3.07. The molecule has 0 bridgehead atoms. The van der Waals surface area contributed by atoms with Gasteiger partial charge in [0.1, 0.15) is 17.8 Å². The zero-order chi connectivity index (χ0) is 36.6. The zero-order valence-corrected chi connectivity index (χ0v) is 28.2. The van der Waals surface area contributed by atoms with Crippen LogP contribution < -0.4 is 4.74 Å². The first kappa shape index (κ1) is 41.6. The lowest BCUT2D eigenvalue weighted by Gasteiger charge is -2.37. The highest BCUT2D eigenvalue weighted by Crippen LogP contribution is 2.25. The molecular weight excluding hydrogens is 664 g/mol. The van der Waals surface area contributed by atoms with Crippen LogP contribution in [0.3, 0.4) is 0 Å². The lowest BCUT2D eigenvalue weighted by atomic mass is 10.0. The Bertz CT molecular complexity index is 1160. The predicted molar refractivity (Wildman–Crippen MR) is 166 cm³/mol. The highest BCUT2D eigenvalue weighted by atomic mass is 19.3. The second-order valence-electron chi connectivity index (χ2n) is 11.3. The molecule has 0 aliphatic carbocycles. The van der Waals surface area contributed by atoms with Gasteiger partial charge in [0.25, 0.3) is 0 Å². The molecule has 2 rings (SSSR count). The molecule has 1 saturated heterocycles. The fourth-order valence-electron chi connectivity index (χ4n) is 5.14. The first-order valence-corrected chi connectivity index (χ1v) is 15.5. The van der Waals surface area contributed by atoms with E-state index in [1.54, 1.807) is 14.7 Å². The van der Waals surface area contributed by atoms with Crippen LogP contribution in [0.25, 0.3) is 0 Å². The molecule has 1 aromatic carbocycles. The Morgan fingerprint density at radius 2 is 1.22 bits per heavy atom. The number of nitrogens with zero attached hydrogens (tertiary/aromatic N) is 4. The molecule has 0 radical (unpaired) electrons. The maximum Gasteiger partial charge on any atom is 0.340 e. The van der Waals surface area contributed by atoms with E-state index in [1.807, 2.05) is 4.90 Å². The third kappa shape index (κ3) is 14.1. The third-order valence-electron chi connectivity index (χ3n) is 8.04. The van der Waals surface area contributed by atoms with Gasteiger partial charge < -0.3 is 28.8 Å². The summed E-state index contributed by atoms with van der Waals surface area (Å²) in [5.74, 6) is -7.13. The van der Waals surface area contributed by atoms with Crippen molar-refractivity contribution < 1.29 is 65.5 Å². The highest BCUT2D eigenvalue weighted by molar-refractivity contribution is 5.76. The van der Waals surface area contributed by atoms with E-state index in [-0.39, 0.29) is 84.2 Å². The number of carboxylic acid groups (broad SMARTS) is 1. The first-order valence-electron chi connectivity index (χ1n) is 15.5. The van der Waals surface area contributed by atoms with E-state index in [9.17, 15) is 41.8 Å². The van der Waals surface area contributed by atoms with Gasteiger partial charge in [-0.05, 0) is 24.1 Å². The van der Waals surface area contributed by atoms with Crippen molar-refractivity contribution in [1.29, 1.82) is 0 Å². The Morgan fingerprint density at radius 3 is 1.61 bits per heavy atom. The van der Waals surface area contributed by atoms with Crippen molar-refractivity contribution in [2.45, 2.75) is 30.9 Å². The summed E-state index contributed by atoms with van der Waals surface area (Å²) in [6, 6.07) is 3.63. The first-order chi connectivity index (χ1) is 23.2. The molecule has 14 nitrogen and oxygen atoms in total. The Hall–Kier alpha value is -3.58. The number of carboxylic acids is 1. The van der Waals surface area contributed by atoms with Crippen LogP contribution >= 0.6 is 0 Å². The third-order valence-corrected chi connectivity index (χ3v) is 8.04. The molecule has 1 aliphatic rings. The standard InChI is InChI=1S/C31H46F4N4O10/c1-45-20-25(29(44)48-4)39-15-11-36(18-26(40)46-2)9-13-38(14-10-37(12-16-39)19-27(41)47-3)24(28(42)43)17-22-5-7-23(8-6-22)49-21-31(34,35)30(32)33/h5-8,24-25,30H,9-21H2,1-4H3,(H,42,43). The van der Waals surface area contributed by atoms with E-state index in [4.69, 9.17) is 23.7 Å². The number of halogens is 4. The maximum atomic E-state index is 13.3. The van der Waals surface area contributed by atoms with E-state index in [0.717, 1.165) is 0 Å². The van der Waals surface area contributed by atoms with E-state index >= 15 is 0 Å². The van der Waals surface area contributed by atoms with Crippen LogP contribution in [0.4, 0.5) is 17.6 Å².